The molecular formula is C21H31N3O3. The molecule has 2 heterocycles. The average molecular weight is 373 g/mol. The number of hydrogen-bond donors (Lipinski definition) is 2. The zero-order valence-corrected chi connectivity index (χ0v) is 16.2. The van der Waals surface area contributed by atoms with E-state index in [9.17, 15) is 9.59 Å². The lowest BCUT2D eigenvalue weighted by Gasteiger charge is -2.39. The molecule has 27 heavy (non-hydrogen) atoms. The number of likely N-dealkylation sites (tertiary alicyclic amines) is 2. The first-order valence-corrected chi connectivity index (χ1v) is 10.1. The van der Waals surface area contributed by atoms with Gasteiger partial charge in [-0.05, 0) is 62.8 Å². The number of nitrogens with one attached hydrogen (secondary N) is 1. The zero-order chi connectivity index (χ0) is 19.2. The number of aromatic carboxylic acids is 1. The molecule has 1 aromatic rings. The summed E-state index contributed by atoms with van der Waals surface area (Å²) < 4.78 is 0. The Morgan fingerprint density at radius 3 is 2.59 bits per heavy atom. The Bertz CT molecular complexity index is 647. The molecule has 0 radical (unpaired) electrons. The maximum atomic E-state index is 12.6. The molecule has 0 aromatic heterocycles. The Morgan fingerprint density at radius 1 is 1.11 bits per heavy atom. The van der Waals surface area contributed by atoms with Gasteiger partial charge in [-0.25, -0.2) is 9.59 Å². The molecule has 3 rings (SSSR count). The summed E-state index contributed by atoms with van der Waals surface area (Å²) in [5.41, 5.74) is 1.17. The standard InChI is InChI=1S/C21H31N3O3/c1-16-5-2-3-11-23(16)14-18-6-4-12-24(15-18)21(27)22-13-17-7-9-19(10-8-17)20(25)26/h7-10,16,18H,2-6,11-15H2,1H3,(H,22,27)(H,25,26). The summed E-state index contributed by atoms with van der Waals surface area (Å²) in [6.45, 7) is 6.67. The summed E-state index contributed by atoms with van der Waals surface area (Å²) in [5.74, 6) is -0.382. The Morgan fingerprint density at radius 2 is 1.89 bits per heavy atom. The summed E-state index contributed by atoms with van der Waals surface area (Å²) in [7, 11) is 0. The largest absolute Gasteiger partial charge is 0.478 e. The molecule has 2 N–H and O–H groups in total. The molecule has 0 aliphatic carbocycles. The third-order valence-corrected chi connectivity index (χ3v) is 5.88. The highest BCUT2D eigenvalue weighted by atomic mass is 16.4. The van der Waals surface area contributed by atoms with Gasteiger partial charge in [0.25, 0.3) is 0 Å². The summed E-state index contributed by atoms with van der Waals surface area (Å²) >= 11 is 0. The number of carboxylic acids is 1. The molecule has 0 bridgehead atoms. The Kier molecular flexibility index (Phi) is 6.72. The molecule has 0 saturated carbocycles. The summed E-state index contributed by atoms with van der Waals surface area (Å²) in [5, 5.41) is 11.9. The van der Waals surface area contributed by atoms with Crippen LogP contribution in [0.5, 0.6) is 0 Å². The topological polar surface area (TPSA) is 72.9 Å². The van der Waals surface area contributed by atoms with Crippen molar-refractivity contribution in [2.45, 2.75) is 51.6 Å². The van der Waals surface area contributed by atoms with E-state index in [0.29, 0.717) is 18.5 Å². The van der Waals surface area contributed by atoms with Crippen molar-refractivity contribution in [1.82, 2.24) is 15.1 Å². The minimum absolute atomic E-state index is 0.0197. The monoisotopic (exact) mass is 373 g/mol. The third kappa shape index (κ3) is 5.45. The second-order valence-corrected chi connectivity index (χ2v) is 7.95. The van der Waals surface area contributed by atoms with Crippen molar-refractivity contribution in [2.75, 3.05) is 26.2 Å². The van der Waals surface area contributed by atoms with Crippen molar-refractivity contribution in [3.8, 4) is 0 Å². The molecule has 6 heteroatoms. The highest BCUT2D eigenvalue weighted by Gasteiger charge is 2.27. The number of piperidine rings is 2. The van der Waals surface area contributed by atoms with Crippen LogP contribution >= 0.6 is 0 Å². The van der Waals surface area contributed by atoms with Gasteiger partial charge in [-0.15, -0.1) is 0 Å². The van der Waals surface area contributed by atoms with Crippen molar-refractivity contribution in [2.24, 2.45) is 5.92 Å². The normalized spacial score (nSPS) is 23.8. The molecular weight excluding hydrogens is 342 g/mol. The average Bonchev–Trinajstić information content (AvgIpc) is 2.68. The highest BCUT2D eigenvalue weighted by molar-refractivity contribution is 5.87. The molecule has 2 aliphatic heterocycles. The lowest BCUT2D eigenvalue weighted by atomic mass is 9.95. The summed E-state index contributed by atoms with van der Waals surface area (Å²) in [6, 6.07) is 7.28. The molecule has 2 amide bonds. The van der Waals surface area contributed by atoms with E-state index in [0.717, 1.165) is 31.6 Å². The Hall–Kier alpha value is -2.08. The smallest absolute Gasteiger partial charge is 0.335 e. The van der Waals surface area contributed by atoms with E-state index in [4.69, 9.17) is 5.11 Å². The fraction of sp³-hybridized carbons (Fsp3) is 0.619. The summed E-state index contributed by atoms with van der Waals surface area (Å²) in [6.07, 6.45) is 6.18. The van der Waals surface area contributed by atoms with Crippen molar-refractivity contribution in [3.05, 3.63) is 35.4 Å². The fourth-order valence-electron chi connectivity index (χ4n) is 4.21. The molecule has 2 atom stereocenters. The number of nitrogens with zero attached hydrogens (tertiary/aromatic N) is 2. The van der Waals surface area contributed by atoms with Gasteiger partial charge in [0.1, 0.15) is 0 Å². The van der Waals surface area contributed by atoms with E-state index >= 15 is 0 Å². The Balaban J connectivity index is 1.47. The number of rotatable bonds is 5. The van der Waals surface area contributed by atoms with Crippen LogP contribution in [0.1, 0.15) is 54.9 Å². The number of carbonyl (C=O) groups excluding carboxylic acids is 1. The first-order chi connectivity index (χ1) is 13.0. The van der Waals surface area contributed by atoms with E-state index in [-0.39, 0.29) is 11.6 Å². The van der Waals surface area contributed by atoms with E-state index in [2.05, 4.69) is 17.1 Å². The number of carbonyl (C=O) groups is 2. The minimum atomic E-state index is -0.937. The number of amides is 2. The maximum absolute atomic E-state index is 12.6. The van der Waals surface area contributed by atoms with Crippen LogP contribution < -0.4 is 5.32 Å². The molecule has 2 fully saturated rings. The first kappa shape index (κ1) is 19.7. The van der Waals surface area contributed by atoms with Gasteiger partial charge in [-0.2, -0.15) is 0 Å². The molecule has 2 aliphatic rings. The predicted molar refractivity (Wildman–Crippen MR) is 105 cm³/mol. The van der Waals surface area contributed by atoms with E-state index < -0.39 is 5.97 Å². The predicted octanol–water partition coefficient (Wildman–Crippen LogP) is 3.18. The number of urea groups is 1. The van der Waals surface area contributed by atoms with Crippen LogP contribution in [0.25, 0.3) is 0 Å². The zero-order valence-electron chi connectivity index (χ0n) is 16.2. The van der Waals surface area contributed by atoms with E-state index in [1.807, 2.05) is 4.90 Å². The van der Waals surface area contributed by atoms with Gasteiger partial charge in [0.15, 0.2) is 0 Å². The van der Waals surface area contributed by atoms with Gasteiger partial charge in [0.2, 0.25) is 0 Å². The molecule has 2 unspecified atom stereocenters. The van der Waals surface area contributed by atoms with Crippen molar-refractivity contribution >= 4 is 12.0 Å². The third-order valence-electron chi connectivity index (χ3n) is 5.88. The lowest BCUT2D eigenvalue weighted by molar-refractivity contribution is 0.0696. The molecule has 6 nitrogen and oxygen atoms in total. The van der Waals surface area contributed by atoms with Crippen molar-refractivity contribution in [1.29, 1.82) is 0 Å². The van der Waals surface area contributed by atoms with Gasteiger partial charge in [0.05, 0.1) is 5.56 Å². The van der Waals surface area contributed by atoms with E-state index in [1.54, 1.807) is 24.3 Å². The van der Waals surface area contributed by atoms with Crippen LogP contribution in [0.2, 0.25) is 0 Å². The van der Waals surface area contributed by atoms with Crippen molar-refractivity contribution in [3.63, 3.8) is 0 Å². The molecule has 148 valence electrons. The Labute approximate surface area is 161 Å². The van der Waals surface area contributed by atoms with Crippen LogP contribution in [0.4, 0.5) is 4.79 Å². The van der Waals surface area contributed by atoms with E-state index in [1.165, 1.54) is 32.2 Å². The van der Waals surface area contributed by atoms with Crippen LogP contribution in [0.3, 0.4) is 0 Å². The lowest BCUT2D eigenvalue weighted by Crippen LogP contribution is -2.49. The highest BCUT2D eigenvalue weighted by Crippen LogP contribution is 2.22. The number of hydrogen-bond acceptors (Lipinski definition) is 3. The van der Waals surface area contributed by atoms with Crippen LogP contribution in [-0.2, 0) is 6.54 Å². The summed E-state index contributed by atoms with van der Waals surface area (Å²) in [4.78, 5) is 28.0. The van der Waals surface area contributed by atoms with Crippen LogP contribution in [0, 0.1) is 5.92 Å². The number of benzene rings is 1. The molecule has 0 spiro atoms. The van der Waals surface area contributed by atoms with Crippen LogP contribution in [-0.4, -0.2) is 59.1 Å². The van der Waals surface area contributed by atoms with Crippen LogP contribution in [0.15, 0.2) is 24.3 Å². The fourth-order valence-corrected chi connectivity index (χ4v) is 4.21. The first-order valence-electron chi connectivity index (χ1n) is 10.1. The van der Waals surface area contributed by atoms with Gasteiger partial charge in [-0.1, -0.05) is 18.6 Å². The molecule has 1 aromatic carbocycles. The quantitative estimate of drug-likeness (QED) is 0.831. The molecule has 2 saturated heterocycles. The van der Waals surface area contributed by atoms with Gasteiger partial charge in [-0.3, -0.25) is 0 Å². The van der Waals surface area contributed by atoms with Gasteiger partial charge >= 0.3 is 12.0 Å². The maximum Gasteiger partial charge on any atom is 0.335 e. The van der Waals surface area contributed by atoms with Gasteiger partial charge in [0, 0.05) is 32.2 Å². The van der Waals surface area contributed by atoms with Crippen molar-refractivity contribution < 1.29 is 14.7 Å². The second-order valence-electron chi connectivity index (χ2n) is 7.95. The van der Waals surface area contributed by atoms with Gasteiger partial charge < -0.3 is 20.2 Å². The minimum Gasteiger partial charge on any atom is -0.478 e. The second kappa shape index (κ2) is 9.22. The number of carboxylic acid groups (broad SMARTS) is 1. The SMILES string of the molecule is CC1CCCCN1CC1CCCN(C(=O)NCc2ccc(C(=O)O)cc2)C1.